The summed E-state index contributed by atoms with van der Waals surface area (Å²) in [5.74, 6) is 0.458. The minimum absolute atomic E-state index is 0.0833. The molecule has 0 fully saturated rings. The summed E-state index contributed by atoms with van der Waals surface area (Å²) >= 11 is 0. The summed E-state index contributed by atoms with van der Waals surface area (Å²) in [4.78, 5) is 6.60. The van der Waals surface area contributed by atoms with Crippen molar-refractivity contribution in [3.63, 3.8) is 0 Å². The van der Waals surface area contributed by atoms with Crippen molar-refractivity contribution in [2.24, 2.45) is 0 Å². The number of sulfone groups is 1. The molecule has 28 heavy (non-hydrogen) atoms. The molecule has 3 aromatic rings. The van der Waals surface area contributed by atoms with Crippen molar-refractivity contribution in [1.29, 1.82) is 0 Å². The van der Waals surface area contributed by atoms with Crippen molar-refractivity contribution in [1.82, 2.24) is 9.88 Å². The van der Waals surface area contributed by atoms with Gasteiger partial charge in [-0.1, -0.05) is 35.9 Å². The highest BCUT2D eigenvalue weighted by molar-refractivity contribution is 7.91. The second-order valence-corrected chi connectivity index (χ2v) is 8.78. The third-order valence-electron chi connectivity index (χ3n) is 4.27. The van der Waals surface area contributed by atoms with Crippen LogP contribution in [-0.4, -0.2) is 45.5 Å². The van der Waals surface area contributed by atoms with E-state index in [1.807, 2.05) is 51.4 Å². The molecule has 0 unspecified atom stereocenters. The van der Waals surface area contributed by atoms with E-state index in [9.17, 15) is 8.42 Å². The molecule has 1 aromatic heterocycles. The highest BCUT2D eigenvalue weighted by Gasteiger charge is 2.28. The van der Waals surface area contributed by atoms with Crippen LogP contribution in [0.5, 0.6) is 0 Å². The van der Waals surface area contributed by atoms with Crippen molar-refractivity contribution < 1.29 is 12.8 Å². The molecule has 0 spiro atoms. The summed E-state index contributed by atoms with van der Waals surface area (Å²) in [5.41, 5.74) is 1.72. The second kappa shape index (κ2) is 8.58. The first kappa shape index (κ1) is 20.1. The zero-order chi connectivity index (χ0) is 20.1. The van der Waals surface area contributed by atoms with Crippen LogP contribution in [0.25, 0.3) is 11.5 Å². The highest BCUT2D eigenvalue weighted by Crippen LogP contribution is 2.32. The predicted molar refractivity (Wildman–Crippen MR) is 110 cm³/mol. The first-order valence-electron chi connectivity index (χ1n) is 9.14. The van der Waals surface area contributed by atoms with Gasteiger partial charge >= 0.3 is 0 Å². The summed E-state index contributed by atoms with van der Waals surface area (Å²) in [6, 6.07) is 16.0. The van der Waals surface area contributed by atoms with E-state index in [1.54, 1.807) is 24.3 Å². The smallest absolute Gasteiger partial charge is 0.233 e. The maximum absolute atomic E-state index is 13.2. The van der Waals surface area contributed by atoms with Gasteiger partial charge in [0.2, 0.25) is 26.6 Å². The van der Waals surface area contributed by atoms with Crippen molar-refractivity contribution in [2.45, 2.75) is 23.3 Å². The Bertz CT molecular complexity index is 1010. The molecule has 3 rings (SSSR count). The summed E-state index contributed by atoms with van der Waals surface area (Å²) in [7, 11) is 0.186. The SMILES string of the molecule is Cc1ccc(S(=O)(=O)c2nc(-c3ccccc3)oc2NCCCN(C)C)cc1. The molecule has 0 atom stereocenters. The number of benzene rings is 2. The summed E-state index contributed by atoms with van der Waals surface area (Å²) in [6.07, 6.45) is 0.846. The maximum atomic E-state index is 13.2. The van der Waals surface area contributed by atoms with Crippen molar-refractivity contribution in [2.75, 3.05) is 32.5 Å². The normalized spacial score (nSPS) is 11.7. The van der Waals surface area contributed by atoms with E-state index >= 15 is 0 Å². The molecule has 0 saturated heterocycles. The fourth-order valence-electron chi connectivity index (χ4n) is 2.73. The predicted octanol–water partition coefficient (Wildman–Crippen LogP) is 3.85. The molecule has 0 aliphatic rings. The van der Waals surface area contributed by atoms with E-state index < -0.39 is 9.84 Å². The molecule has 7 heteroatoms. The number of nitrogens with zero attached hydrogens (tertiary/aromatic N) is 2. The highest BCUT2D eigenvalue weighted by atomic mass is 32.2. The molecule has 6 nitrogen and oxygen atoms in total. The molecule has 0 radical (unpaired) electrons. The second-order valence-electron chi connectivity index (χ2n) is 6.92. The average Bonchev–Trinajstić information content (AvgIpc) is 3.11. The van der Waals surface area contributed by atoms with Gasteiger partial charge in [0.25, 0.3) is 0 Å². The summed E-state index contributed by atoms with van der Waals surface area (Å²) in [6.45, 7) is 3.38. The van der Waals surface area contributed by atoms with Gasteiger partial charge < -0.3 is 14.6 Å². The Kier molecular flexibility index (Phi) is 6.16. The monoisotopic (exact) mass is 399 g/mol. The van der Waals surface area contributed by atoms with Crippen LogP contribution in [-0.2, 0) is 9.84 Å². The van der Waals surface area contributed by atoms with Gasteiger partial charge in [0.1, 0.15) is 0 Å². The van der Waals surface area contributed by atoms with E-state index in [0.29, 0.717) is 6.54 Å². The van der Waals surface area contributed by atoms with Crippen LogP contribution in [0.15, 0.2) is 68.9 Å². The summed E-state index contributed by atoms with van der Waals surface area (Å²) in [5, 5.41) is 3.03. The number of hydrogen-bond donors (Lipinski definition) is 1. The fourth-order valence-corrected chi connectivity index (χ4v) is 4.01. The lowest BCUT2D eigenvalue weighted by atomic mass is 10.2. The topological polar surface area (TPSA) is 75.4 Å². The molecule has 0 amide bonds. The Balaban J connectivity index is 1.97. The van der Waals surface area contributed by atoms with E-state index in [0.717, 1.165) is 24.1 Å². The quantitative estimate of drug-likeness (QED) is 0.580. The average molecular weight is 400 g/mol. The largest absolute Gasteiger partial charge is 0.419 e. The van der Waals surface area contributed by atoms with E-state index in [-0.39, 0.29) is 21.7 Å². The Morgan fingerprint density at radius 1 is 1.04 bits per heavy atom. The van der Waals surface area contributed by atoms with Gasteiger partial charge in [0, 0.05) is 12.1 Å². The molecule has 2 aromatic carbocycles. The van der Waals surface area contributed by atoms with Crippen molar-refractivity contribution in [3.05, 3.63) is 60.2 Å². The van der Waals surface area contributed by atoms with Gasteiger partial charge in [-0.05, 0) is 58.3 Å². The van der Waals surface area contributed by atoms with Gasteiger partial charge in [-0.3, -0.25) is 0 Å². The van der Waals surface area contributed by atoms with E-state index in [2.05, 4.69) is 15.2 Å². The fraction of sp³-hybridized carbons (Fsp3) is 0.286. The van der Waals surface area contributed by atoms with Crippen LogP contribution in [0.1, 0.15) is 12.0 Å². The van der Waals surface area contributed by atoms with Gasteiger partial charge in [0.05, 0.1) is 4.90 Å². The Hall–Kier alpha value is -2.64. The minimum Gasteiger partial charge on any atom is -0.419 e. The van der Waals surface area contributed by atoms with Crippen LogP contribution < -0.4 is 5.32 Å². The van der Waals surface area contributed by atoms with E-state index in [4.69, 9.17) is 4.42 Å². The maximum Gasteiger partial charge on any atom is 0.233 e. The zero-order valence-corrected chi connectivity index (χ0v) is 17.2. The van der Waals surface area contributed by atoms with Gasteiger partial charge in [-0.15, -0.1) is 0 Å². The first-order valence-corrected chi connectivity index (χ1v) is 10.6. The number of oxazole rings is 1. The standard InChI is InChI=1S/C21H25N3O3S/c1-16-10-12-18(13-11-16)28(25,26)21-20(22-14-7-15-24(2)3)27-19(23-21)17-8-5-4-6-9-17/h4-6,8-13,22H,7,14-15H2,1-3H3. The lowest BCUT2D eigenvalue weighted by Crippen LogP contribution is -2.17. The molecular weight excluding hydrogens is 374 g/mol. The number of hydrogen-bond acceptors (Lipinski definition) is 6. The van der Waals surface area contributed by atoms with Crippen LogP contribution in [0.4, 0.5) is 5.88 Å². The molecular formula is C21H25N3O3S. The van der Waals surface area contributed by atoms with E-state index in [1.165, 1.54) is 0 Å². The van der Waals surface area contributed by atoms with Crippen molar-refractivity contribution in [3.8, 4) is 11.5 Å². The molecule has 0 aliphatic carbocycles. The lowest BCUT2D eigenvalue weighted by molar-refractivity contribution is 0.404. The molecule has 1 heterocycles. The first-order chi connectivity index (χ1) is 13.4. The Morgan fingerprint density at radius 2 is 1.71 bits per heavy atom. The summed E-state index contributed by atoms with van der Waals surface area (Å²) < 4.78 is 32.2. The Labute approximate surface area is 166 Å². The number of aryl methyl sites for hydroxylation is 1. The van der Waals surface area contributed by atoms with Gasteiger partial charge in [-0.25, -0.2) is 8.42 Å². The van der Waals surface area contributed by atoms with Crippen LogP contribution >= 0.6 is 0 Å². The number of nitrogens with one attached hydrogen (secondary N) is 1. The van der Waals surface area contributed by atoms with Crippen LogP contribution in [0, 0.1) is 6.92 Å². The van der Waals surface area contributed by atoms with Gasteiger partial charge in [-0.2, -0.15) is 4.98 Å². The number of aromatic nitrogens is 1. The zero-order valence-electron chi connectivity index (χ0n) is 16.3. The lowest BCUT2D eigenvalue weighted by Gasteiger charge is -2.10. The molecule has 1 N–H and O–H groups in total. The minimum atomic E-state index is -3.80. The molecule has 0 bridgehead atoms. The number of rotatable bonds is 8. The van der Waals surface area contributed by atoms with Crippen LogP contribution in [0.2, 0.25) is 0 Å². The Morgan fingerprint density at radius 3 is 2.36 bits per heavy atom. The van der Waals surface area contributed by atoms with Crippen LogP contribution in [0.3, 0.4) is 0 Å². The number of anilines is 1. The molecule has 0 aliphatic heterocycles. The third kappa shape index (κ3) is 4.61. The molecule has 0 saturated carbocycles. The third-order valence-corrected chi connectivity index (χ3v) is 5.95. The van der Waals surface area contributed by atoms with Gasteiger partial charge in [0.15, 0.2) is 0 Å². The molecule has 148 valence electrons. The van der Waals surface area contributed by atoms with Crippen molar-refractivity contribution >= 4 is 15.7 Å².